The van der Waals surface area contributed by atoms with Gasteiger partial charge in [-0.1, -0.05) is 12.1 Å². The van der Waals surface area contributed by atoms with Crippen LogP contribution in [0.1, 0.15) is 0 Å². The molecule has 23 heavy (non-hydrogen) atoms. The molecular formula is C14H11F4NO3S. The molecule has 0 aliphatic heterocycles. The van der Waals surface area contributed by atoms with Crippen LogP contribution in [0.5, 0.6) is 5.75 Å². The van der Waals surface area contributed by atoms with Crippen molar-refractivity contribution in [1.82, 2.24) is 0 Å². The molecule has 1 N–H and O–H groups in total. The van der Waals surface area contributed by atoms with Gasteiger partial charge in [-0.25, -0.2) is 12.8 Å². The highest BCUT2D eigenvalue weighted by Gasteiger charge is 2.30. The van der Waals surface area contributed by atoms with Gasteiger partial charge in [0.1, 0.15) is 11.6 Å². The number of anilines is 1. The van der Waals surface area contributed by atoms with E-state index in [-0.39, 0.29) is 11.3 Å². The van der Waals surface area contributed by atoms with Crippen molar-refractivity contribution in [3.63, 3.8) is 0 Å². The van der Waals surface area contributed by atoms with Crippen LogP contribution in [0.15, 0.2) is 42.5 Å². The SMILES string of the molecule is CS(=O)(=O)Nc1ccc(-c2ccc(OC(F)(F)F)cc2)c(F)c1. The highest BCUT2D eigenvalue weighted by atomic mass is 32.2. The van der Waals surface area contributed by atoms with E-state index in [2.05, 4.69) is 9.46 Å². The van der Waals surface area contributed by atoms with Gasteiger partial charge < -0.3 is 4.74 Å². The summed E-state index contributed by atoms with van der Waals surface area (Å²) in [5, 5.41) is 0. The second-order valence-corrected chi connectivity index (χ2v) is 6.39. The first-order valence-corrected chi connectivity index (χ1v) is 8.06. The molecule has 0 spiro atoms. The minimum absolute atomic E-state index is 0.0470. The largest absolute Gasteiger partial charge is 0.573 e. The highest BCUT2D eigenvalue weighted by molar-refractivity contribution is 7.92. The Bertz CT molecular complexity index is 802. The topological polar surface area (TPSA) is 55.4 Å². The zero-order valence-corrected chi connectivity index (χ0v) is 12.5. The van der Waals surface area contributed by atoms with Gasteiger partial charge in [0.2, 0.25) is 10.0 Å². The summed E-state index contributed by atoms with van der Waals surface area (Å²) in [4.78, 5) is 0. The van der Waals surface area contributed by atoms with Gasteiger partial charge in [0, 0.05) is 5.56 Å². The predicted octanol–water partition coefficient (Wildman–Crippen LogP) is 3.76. The summed E-state index contributed by atoms with van der Waals surface area (Å²) in [5.74, 6) is -1.14. The maximum atomic E-state index is 14.0. The lowest BCUT2D eigenvalue weighted by Gasteiger charge is -2.10. The number of rotatable bonds is 4. The molecule has 0 atom stereocenters. The third kappa shape index (κ3) is 5.13. The molecule has 0 heterocycles. The molecule has 2 aromatic carbocycles. The molecule has 0 saturated heterocycles. The van der Waals surface area contributed by atoms with Crippen molar-refractivity contribution in [2.24, 2.45) is 0 Å². The number of hydrogen-bond acceptors (Lipinski definition) is 3. The third-order valence-electron chi connectivity index (χ3n) is 2.67. The van der Waals surface area contributed by atoms with E-state index in [0.717, 1.165) is 24.5 Å². The van der Waals surface area contributed by atoms with E-state index >= 15 is 0 Å². The van der Waals surface area contributed by atoms with E-state index in [4.69, 9.17) is 0 Å². The molecular weight excluding hydrogens is 338 g/mol. The second kappa shape index (κ2) is 6.07. The molecule has 0 amide bonds. The van der Waals surface area contributed by atoms with Gasteiger partial charge in [-0.3, -0.25) is 4.72 Å². The predicted molar refractivity (Wildman–Crippen MR) is 77.0 cm³/mol. The van der Waals surface area contributed by atoms with E-state index in [9.17, 15) is 26.0 Å². The molecule has 0 aromatic heterocycles. The molecule has 0 aliphatic rings. The van der Waals surface area contributed by atoms with Gasteiger partial charge in [0.05, 0.1) is 11.9 Å². The van der Waals surface area contributed by atoms with Crippen LogP contribution in [0.25, 0.3) is 11.1 Å². The lowest BCUT2D eigenvalue weighted by Crippen LogP contribution is -2.16. The molecule has 0 unspecified atom stereocenters. The van der Waals surface area contributed by atoms with Crippen LogP contribution in [0.2, 0.25) is 0 Å². The number of nitrogens with one attached hydrogen (secondary N) is 1. The average Bonchev–Trinajstić information content (AvgIpc) is 2.36. The lowest BCUT2D eigenvalue weighted by atomic mass is 10.0. The molecule has 0 bridgehead atoms. The maximum Gasteiger partial charge on any atom is 0.573 e. The standard InChI is InChI=1S/C14H11F4NO3S/c1-23(20,21)19-10-4-7-12(13(15)8-10)9-2-5-11(6-3-9)22-14(16,17)18/h2-8,19H,1H3. The first-order valence-electron chi connectivity index (χ1n) is 6.17. The number of alkyl halides is 3. The Hall–Kier alpha value is -2.29. The highest BCUT2D eigenvalue weighted by Crippen LogP contribution is 2.29. The van der Waals surface area contributed by atoms with Crippen molar-refractivity contribution in [3.8, 4) is 16.9 Å². The summed E-state index contributed by atoms with van der Waals surface area (Å²) in [7, 11) is -3.53. The fraction of sp³-hybridized carbons (Fsp3) is 0.143. The number of halogens is 4. The van der Waals surface area contributed by atoms with Gasteiger partial charge in [-0.2, -0.15) is 0 Å². The zero-order valence-electron chi connectivity index (χ0n) is 11.7. The van der Waals surface area contributed by atoms with Crippen LogP contribution in [-0.4, -0.2) is 21.0 Å². The van der Waals surface area contributed by atoms with Crippen LogP contribution in [-0.2, 0) is 10.0 Å². The molecule has 0 aliphatic carbocycles. The van der Waals surface area contributed by atoms with Crippen LogP contribution in [0.3, 0.4) is 0 Å². The van der Waals surface area contributed by atoms with Crippen LogP contribution in [0.4, 0.5) is 23.2 Å². The van der Waals surface area contributed by atoms with E-state index in [1.165, 1.54) is 24.3 Å². The van der Waals surface area contributed by atoms with Gasteiger partial charge in [0.15, 0.2) is 0 Å². The van der Waals surface area contributed by atoms with Crippen LogP contribution >= 0.6 is 0 Å². The Balaban J connectivity index is 2.25. The van der Waals surface area contributed by atoms with Gasteiger partial charge in [0.25, 0.3) is 0 Å². The molecule has 124 valence electrons. The van der Waals surface area contributed by atoms with Crippen molar-refractivity contribution in [1.29, 1.82) is 0 Å². The summed E-state index contributed by atoms with van der Waals surface area (Å²) in [6.07, 6.45) is -3.87. The quantitative estimate of drug-likeness (QED) is 0.855. The van der Waals surface area contributed by atoms with Gasteiger partial charge in [-0.05, 0) is 35.9 Å². The molecule has 4 nitrogen and oxygen atoms in total. The van der Waals surface area contributed by atoms with Crippen molar-refractivity contribution >= 4 is 15.7 Å². The summed E-state index contributed by atoms with van der Waals surface area (Å²) in [5.41, 5.74) is 0.483. The number of sulfonamides is 1. The molecule has 0 radical (unpaired) electrons. The molecule has 2 rings (SSSR count). The van der Waals surface area contributed by atoms with E-state index < -0.39 is 28.0 Å². The smallest absolute Gasteiger partial charge is 0.406 e. The van der Waals surface area contributed by atoms with E-state index in [1.807, 2.05) is 0 Å². The monoisotopic (exact) mass is 349 g/mol. The van der Waals surface area contributed by atoms with Crippen molar-refractivity contribution in [2.45, 2.75) is 6.36 Å². The minimum atomic E-state index is -4.80. The number of hydrogen-bond donors (Lipinski definition) is 1. The first-order chi connectivity index (χ1) is 10.5. The number of ether oxygens (including phenoxy) is 1. The van der Waals surface area contributed by atoms with Crippen LogP contribution in [0, 0.1) is 5.82 Å². The molecule has 9 heteroatoms. The Morgan fingerprint density at radius 3 is 2.13 bits per heavy atom. The van der Waals surface area contributed by atoms with Gasteiger partial charge in [-0.15, -0.1) is 13.2 Å². The van der Waals surface area contributed by atoms with Gasteiger partial charge >= 0.3 is 6.36 Å². The summed E-state index contributed by atoms with van der Waals surface area (Å²) >= 11 is 0. The summed E-state index contributed by atoms with van der Waals surface area (Å²) in [6.45, 7) is 0. The summed E-state index contributed by atoms with van der Waals surface area (Å²) < 4.78 is 78.3. The Kier molecular flexibility index (Phi) is 4.51. The normalized spacial score (nSPS) is 12.0. The summed E-state index contributed by atoms with van der Waals surface area (Å²) in [6, 6.07) is 8.31. The fourth-order valence-corrected chi connectivity index (χ4v) is 2.42. The zero-order chi connectivity index (χ0) is 17.3. The Labute approximate surface area is 129 Å². The second-order valence-electron chi connectivity index (χ2n) is 4.64. The lowest BCUT2D eigenvalue weighted by molar-refractivity contribution is -0.274. The Morgan fingerprint density at radius 1 is 1.04 bits per heavy atom. The van der Waals surface area contributed by atoms with Crippen molar-refractivity contribution < 1.29 is 30.7 Å². The van der Waals surface area contributed by atoms with Crippen molar-refractivity contribution in [3.05, 3.63) is 48.3 Å². The van der Waals surface area contributed by atoms with Crippen molar-refractivity contribution in [2.75, 3.05) is 11.0 Å². The minimum Gasteiger partial charge on any atom is -0.406 e. The number of benzene rings is 2. The average molecular weight is 349 g/mol. The fourth-order valence-electron chi connectivity index (χ4n) is 1.86. The third-order valence-corrected chi connectivity index (χ3v) is 3.28. The molecule has 0 saturated carbocycles. The maximum absolute atomic E-state index is 14.0. The van der Waals surface area contributed by atoms with E-state index in [0.29, 0.717) is 5.56 Å². The molecule has 0 fully saturated rings. The molecule has 2 aromatic rings. The Morgan fingerprint density at radius 2 is 1.65 bits per heavy atom. The van der Waals surface area contributed by atoms with Crippen LogP contribution < -0.4 is 9.46 Å². The first kappa shape index (κ1) is 17.1. The van der Waals surface area contributed by atoms with E-state index in [1.54, 1.807) is 0 Å².